The zero-order valence-corrected chi connectivity index (χ0v) is 17.6. The molecule has 3 aromatic rings. The van der Waals surface area contributed by atoms with E-state index in [0.717, 1.165) is 27.8 Å². The van der Waals surface area contributed by atoms with Gasteiger partial charge in [-0.2, -0.15) is 0 Å². The van der Waals surface area contributed by atoms with Gasteiger partial charge in [0.2, 0.25) is 0 Å². The SMILES string of the molecule is CC1OC(=O)C(Cc2ccc(Cl)cc2)N1C(=O)OC1c2ccccc2-c2ccccc21. The molecule has 1 aliphatic heterocycles. The first kappa shape index (κ1) is 19.6. The Morgan fingerprint density at radius 2 is 1.55 bits per heavy atom. The first-order chi connectivity index (χ1) is 15.0. The van der Waals surface area contributed by atoms with Crippen molar-refractivity contribution in [2.24, 2.45) is 0 Å². The van der Waals surface area contributed by atoms with Crippen LogP contribution in [0.15, 0.2) is 72.8 Å². The average Bonchev–Trinajstić information content (AvgIpc) is 3.23. The van der Waals surface area contributed by atoms with Gasteiger partial charge in [-0.1, -0.05) is 72.3 Å². The number of amides is 1. The molecule has 0 saturated carbocycles. The maximum absolute atomic E-state index is 13.3. The molecule has 1 saturated heterocycles. The van der Waals surface area contributed by atoms with Crippen LogP contribution >= 0.6 is 11.6 Å². The van der Waals surface area contributed by atoms with Crippen molar-refractivity contribution in [3.05, 3.63) is 94.5 Å². The van der Waals surface area contributed by atoms with E-state index in [1.165, 1.54) is 4.90 Å². The highest BCUT2D eigenvalue weighted by atomic mass is 35.5. The van der Waals surface area contributed by atoms with Crippen molar-refractivity contribution in [2.75, 3.05) is 0 Å². The van der Waals surface area contributed by atoms with Crippen LogP contribution in [0.3, 0.4) is 0 Å². The average molecular weight is 434 g/mol. The second kappa shape index (κ2) is 7.75. The third-order valence-corrected chi connectivity index (χ3v) is 6.09. The van der Waals surface area contributed by atoms with Gasteiger partial charge in [0.25, 0.3) is 0 Å². The van der Waals surface area contributed by atoms with E-state index in [4.69, 9.17) is 21.1 Å². The number of benzene rings is 3. The summed E-state index contributed by atoms with van der Waals surface area (Å²) in [6.45, 7) is 1.68. The number of carbonyl (C=O) groups is 2. The highest BCUT2D eigenvalue weighted by molar-refractivity contribution is 6.30. The Labute approximate surface area is 185 Å². The summed E-state index contributed by atoms with van der Waals surface area (Å²) in [6.07, 6.45) is -1.48. The van der Waals surface area contributed by atoms with Crippen LogP contribution < -0.4 is 0 Å². The molecule has 1 heterocycles. The lowest BCUT2D eigenvalue weighted by atomic mass is 10.1. The highest BCUT2D eigenvalue weighted by Crippen LogP contribution is 2.45. The van der Waals surface area contributed by atoms with Gasteiger partial charge in [-0.25, -0.2) is 9.59 Å². The molecule has 1 amide bonds. The number of rotatable bonds is 3. The number of hydrogen-bond donors (Lipinski definition) is 0. The fourth-order valence-electron chi connectivity index (χ4n) is 4.37. The Bertz CT molecular complexity index is 1110. The number of fused-ring (bicyclic) bond motifs is 3. The van der Waals surface area contributed by atoms with Crippen molar-refractivity contribution in [3.8, 4) is 11.1 Å². The molecule has 0 bridgehead atoms. The molecule has 1 fully saturated rings. The largest absolute Gasteiger partial charge is 0.440 e. The molecule has 1 aliphatic carbocycles. The lowest BCUT2D eigenvalue weighted by Crippen LogP contribution is -2.43. The van der Waals surface area contributed by atoms with Crippen LogP contribution in [-0.4, -0.2) is 29.2 Å². The van der Waals surface area contributed by atoms with E-state index in [1.54, 1.807) is 19.1 Å². The summed E-state index contributed by atoms with van der Waals surface area (Å²) in [5, 5.41) is 0.612. The molecule has 5 rings (SSSR count). The molecule has 0 N–H and O–H groups in total. The second-order valence-corrected chi connectivity index (χ2v) is 8.16. The molecule has 5 nitrogen and oxygen atoms in total. The van der Waals surface area contributed by atoms with Crippen LogP contribution in [-0.2, 0) is 20.7 Å². The molecule has 0 radical (unpaired) electrons. The van der Waals surface area contributed by atoms with Crippen LogP contribution in [0.1, 0.15) is 29.7 Å². The fourth-order valence-corrected chi connectivity index (χ4v) is 4.50. The first-order valence-electron chi connectivity index (χ1n) is 10.1. The number of halogens is 1. The molecular weight excluding hydrogens is 414 g/mol. The Kier molecular flexibility index (Phi) is 4.91. The smallest absolute Gasteiger partial charge is 0.414 e. The predicted octanol–water partition coefficient (Wildman–Crippen LogP) is 5.36. The molecule has 0 spiro atoms. The normalized spacial score (nSPS) is 19.7. The van der Waals surface area contributed by atoms with Crippen molar-refractivity contribution < 1.29 is 19.1 Å². The van der Waals surface area contributed by atoms with Crippen molar-refractivity contribution in [1.29, 1.82) is 0 Å². The van der Waals surface area contributed by atoms with Crippen LogP contribution in [0.5, 0.6) is 0 Å². The van der Waals surface area contributed by atoms with Gasteiger partial charge < -0.3 is 9.47 Å². The summed E-state index contributed by atoms with van der Waals surface area (Å²) < 4.78 is 11.4. The second-order valence-electron chi connectivity index (χ2n) is 7.73. The molecule has 2 atom stereocenters. The van der Waals surface area contributed by atoms with Gasteiger partial charge >= 0.3 is 12.1 Å². The van der Waals surface area contributed by atoms with E-state index in [2.05, 4.69) is 0 Å². The molecule has 156 valence electrons. The van der Waals surface area contributed by atoms with Crippen molar-refractivity contribution in [1.82, 2.24) is 4.90 Å². The van der Waals surface area contributed by atoms with Crippen molar-refractivity contribution in [3.63, 3.8) is 0 Å². The third-order valence-electron chi connectivity index (χ3n) is 5.83. The van der Waals surface area contributed by atoms with Crippen LogP contribution in [0.25, 0.3) is 11.1 Å². The fraction of sp³-hybridized carbons (Fsp3) is 0.200. The van der Waals surface area contributed by atoms with Gasteiger partial charge in [-0.3, -0.25) is 4.90 Å². The van der Waals surface area contributed by atoms with E-state index in [1.807, 2.05) is 60.7 Å². The van der Waals surface area contributed by atoms with E-state index in [9.17, 15) is 9.59 Å². The maximum Gasteiger partial charge on any atom is 0.414 e. The number of esters is 1. The van der Waals surface area contributed by atoms with E-state index in [-0.39, 0.29) is 0 Å². The van der Waals surface area contributed by atoms with Crippen LogP contribution in [0.4, 0.5) is 4.79 Å². The molecule has 3 aromatic carbocycles. The lowest BCUT2D eigenvalue weighted by Gasteiger charge is -2.26. The maximum atomic E-state index is 13.3. The van der Waals surface area contributed by atoms with E-state index >= 15 is 0 Å². The number of carbonyl (C=O) groups excluding carboxylic acids is 2. The number of ether oxygens (including phenoxy) is 2. The number of nitrogens with zero attached hydrogens (tertiary/aromatic N) is 1. The van der Waals surface area contributed by atoms with Crippen molar-refractivity contribution >= 4 is 23.7 Å². The standard InChI is InChI=1S/C25H20ClNO4/c1-15-27(22(24(28)30-15)14-16-10-12-17(26)13-11-16)25(29)31-23-20-8-4-2-6-18(20)19-7-3-5-9-21(19)23/h2-13,15,22-23H,14H2,1H3. The van der Waals surface area contributed by atoms with Gasteiger partial charge in [0, 0.05) is 22.6 Å². The van der Waals surface area contributed by atoms with E-state index in [0.29, 0.717) is 11.4 Å². The molecule has 0 aromatic heterocycles. The Morgan fingerprint density at radius 3 is 2.16 bits per heavy atom. The summed E-state index contributed by atoms with van der Waals surface area (Å²) >= 11 is 5.96. The van der Waals surface area contributed by atoms with Crippen LogP contribution in [0.2, 0.25) is 5.02 Å². The first-order valence-corrected chi connectivity index (χ1v) is 10.5. The summed E-state index contributed by atoms with van der Waals surface area (Å²) in [6, 6.07) is 22.2. The minimum absolute atomic E-state index is 0.327. The van der Waals surface area contributed by atoms with Crippen molar-refractivity contribution in [2.45, 2.75) is 31.7 Å². The van der Waals surface area contributed by atoms with Gasteiger partial charge in [0.05, 0.1) is 0 Å². The summed E-state index contributed by atoms with van der Waals surface area (Å²) in [5.74, 6) is -0.438. The molecule has 2 unspecified atom stereocenters. The van der Waals surface area contributed by atoms with Gasteiger partial charge in [-0.05, 0) is 35.7 Å². The molecule has 6 heteroatoms. The quantitative estimate of drug-likeness (QED) is 0.521. The highest BCUT2D eigenvalue weighted by Gasteiger charge is 2.45. The van der Waals surface area contributed by atoms with Gasteiger partial charge in [0.1, 0.15) is 6.04 Å². The minimum atomic E-state index is -0.754. The lowest BCUT2D eigenvalue weighted by molar-refractivity contribution is -0.142. The minimum Gasteiger partial charge on any atom is -0.440 e. The summed E-state index contributed by atoms with van der Waals surface area (Å²) in [5.41, 5.74) is 4.86. The third kappa shape index (κ3) is 3.45. The predicted molar refractivity (Wildman–Crippen MR) is 117 cm³/mol. The Morgan fingerprint density at radius 1 is 0.968 bits per heavy atom. The van der Waals surface area contributed by atoms with Gasteiger partial charge in [0.15, 0.2) is 12.3 Å². The zero-order chi connectivity index (χ0) is 21.5. The topological polar surface area (TPSA) is 55.8 Å². The van der Waals surface area contributed by atoms with E-state index < -0.39 is 30.4 Å². The Balaban J connectivity index is 1.42. The van der Waals surface area contributed by atoms with Crippen LogP contribution in [0, 0.1) is 0 Å². The summed E-state index contributed by atoms with van der Waals surface area (Å²) in [4.78, 5) is 27.2. The molecule has 2 aliphatic rings. The monoisotopic (exact) mass is 433 g/mol. The van der Waals surface area contributed by atoms with Gasteiger partial charge in [-0.15, -0.1) is 0 Å². The Hall–Kier alpha value is -3.31. The summed E-state index contributed by atoms with van der Waals surface area (Å²) in [7, 11) is 0. The number of hydrogen-bond acceptors (Lipinski definition) is 4. The zero-order valence-electron chi connectivity index (χ0n) is 16.8. The molecular formula is C25H20ClNO4. The molecule has 31 heavy (non-hydrogen) atoms. The number of cyclic esters (lactones) is 1.